The Morgan fingerprint density at radius 1 is 1.33 bits per heavy atom. The summed E-state index contributed by atoms with van der Waals surface area (Å²) in [7, 11) is 0. The van der Waals surface area contributed by atoms with Gasteiger partial charge in [0.05, 0.1) is 5.56 Å². The van der Waals surface area contributed by atoms with Crippen LogP contribution >= 0.6 is 11.6 Å². The molecule has 0 unspecified atom stereocenters. The smallest absolute Gasteiger partial charge is 0.140 e. The van der Waals surface area contributed by atoms with Gasteiger partial charge in [-0.05, 0) is 42.8 Å². The number of nitrogens with two attached hydrogens (primary N) is 1. The summed E-state index contributed by atoms with van der Waals surface area (Å²) < 4.78 is 19.0. The van der Waals surface area contributed by atoms with Crippen molar-refractivity contribution in [3.05, 3.63) is 63.9 Å². The van der Waals surface area contributed by atoms with Gasteiger partial charge in [-0.15, -0.1) is 0 Å². The maximum atomic E-state index is 13.3. The summed E-state index contributed by atoms with van der Waals surface area (Å²) in [6, 6.07) is 11.1. The topological polar surface area (TPSA) is 59.0 Å². The van der Waals surface area contributed by atoms with Crippen molar-refractivity contribution < 1.29 is 9.13 Å². The molecule has 0 bridgehead atoms. The molecule has 108 valence electrons. The summed E-state index contributed by atoms with van der Waals surface area (Å²) in [5, 5.41) is 9.40. The van der Waals surface area contributed by atoms with Gasteiger partial charge in [-0.3, -0.25) is 0 Å². The normalized spacial score (nSPS) is 11.8. The Bertz CT molecular complexity index is 695. The minimum absolute atomic E-state index is 0.000350. The molecule has 2 N–H and O–H groups in total. The maximum absolute atomic E-state index is 13.3. The third-order valence-electron chi connectivity index (χ3n) is 3.01. The van der Waals surface area contributed by atoms with Crippen LogP contribution in [-0.2, 0) is 6.61 Å². The second-order valence-corrected chi connectivity index (χ2v) is 5.12. The van der Waals surface area contributed by atoms with Gasteiger partial charge in [0.25, 0.3) is 0 Å². The lowest BCUT2D eigenvalue weighted by molar-refractivity contribution is 0.301. The van der Waals surface area contributed by atoms with E-state index in [-0.39, 0.29) is 18.2 Å². The second-order valence-electron chi connectivity index (χ2n) is 4.69. The highest BCUT2D eigenvalue weighted by Crippen LogP contribution is 2.28. The lowest BCUT2D eigenvalue weighted by atomic mass is 10.1. The van der Waals surface area contributed by atoms with Crippen molar-refractivity contribution in [1.29, 1.82) is 5.26 Å². The number of hydrogen-bond acceptors (Lipinski definition) is 3. The second kappa shape index (κ2) is 6.57. The van der Waals surface area contributed by atoms with Gasteiger partial charge < -0.3 is 10.5 Å². The van der Waals surface area contributed by atoms with Gasteiger partial charge in [-0.1, -0.05) is 17.7 Å². The van der Waals surface area contributed by atoms with Gasteiger partial charge in [-0.25, -0.2) is 4.39 Å². The molecule has 21 heavy (non-hydrogen) atoms. The van der Waals surface area contributed by atoms with Crippen LogP contribution in [0, 0.1) is 17.1 Å². The van der Waals surface area contributed by atoms with Gasteiger partial charge in [0.15, 0.2) is 0 Å². The zero-order valence-electron chi connectivity index (χ0n) is 11.4. The minimum Gasteiger partial charge on any atom is -0.489 e. The molecule has 0 aromatic heterocycles. The molecule has 0 saturated carbocycles. The predicted octanol–water partition coefficient (Wildman–Crippen LogP) is 3.95. The van der Waals surface area contributed by atoms with E-state index in [0.29, 0.717) is 16.3 Å². The Balaban J connectivity index is 2.19. The third-order valence-corrected chi connectivity index (χ3v) is 3.24. The molecule has 0 spiro atoms. The van der Waals surface area contributed by atoms with Crippen molar-refractivity contribution in [3.8, 4) is 11.8 Å². The van der Waals surface area contributed by atoms with E-state index in [1.807, 2.05) is 6.92 Å². The van der Waals surface area contributed by atoms with Crippen LogP contribution in [0.3, 0.4) is 0 Å². The fourth-order valence-electron chi connectivity index (χ4n) is 1.92. The number of halogens is 2. The van der Waals surface area contributed by atoms with Crippen molar-refractivity contribution in [2.75, 3.05) is 0 Å². The summed E-state index contributed by atoms with van der Waals surface area (Å²) in [5.74, 6) is 0.0845. The molecular formula is C16H14ClFN2O. The standard InChI is InChI=1S/C16H14ClFN2O/c1-10(20)14-7-13(17)3-5-16(14)21-9-11-2-4-15(18)12(6-11)8-19/h2-7,10H,9,20H2,1H3/t10-/m0/s1. The molecular weight excluding hydrogens is 291 g/mol. The molecule has 2 aromatic rings. The van der Waals surface area contributed by atoms with Crippen LogP contribution in [0.5, 0.6) is 5.75 Å². The third kappa shape index (κ3) is 3.72. The molecule has 0 radical (unpaired) electrons. The molecule has 0 aliphatic carbocycles. The van der Waals surface area contributed by atoms with Gasteiger partial charge >= 0.3 is 0 Å². The Hall–Kier alpha value is -2.09. The number of hydrogen-bond donors (Lipinski definition) is 1. The van der Waals surface area contributed by atoms with E-state index in [4.69, 9.17) is 27.3 Å². The molecule has 0 aliphatic rings. The summed E-state index contributed by atoms with van der Waals surface area (Å²) in [6.07, 6.45) is 0. The summed E-state index contributed by atoms with van der Waals surface area (Å²) in [6.45, 7) is 2.06. The van der Waals surface area contributed by atoms with Crippen molar-refractivity contribution in [2.45, 2.75) is 19.6 Å². The van der Waals surface area contributed by atoms with Gasteiger partial charge in [0.1, 0.15) is 24.2 Å². The van der Waals surface area contributed by atoms with E-state index >= 15 is 0 Å². The first-order valence-electron chi connectivity index (χ1n) is 6.37. The molecule has 3 nitrogen and oxygen atoms in total. The van der Waals surface area contributed by atoms with Crippen LogP contribution in [-0.4, -0.2) is 0 Å². The molecule has 0 saturated heterocycles. The van der Waals surface area contributed by atoms with E-state index in [1.54, 1.807) is 30.3 Å². The predicted molar refractivity (Wildman–Crippen MR) is 79.5 cm³/mol. The van der Waals surface area contributed by atoms with Gasteiger partial charge in [-0.2, -0.15) is 5.26 Å². The molecule has 0 heterocycles. The van der Waals surface area contributed by atoms with Crippen LogP contribution in [0.25, 0.3) is 0 Å². The fourth-order valence-corrected chi connectivity index (χ4v) is 2.10. The molecule has 2 aromatic carbocycles. The highest BCUT2D eigenvalue weighted by molar-refractivity contribution is 6.30. The summed E-state index contributed by atoms with van der Waals surface area (Å²) in [5.41, 5.74) is 7.39. The van der Waals surface area contributed by atoms with E-state index in [0.717, 1.165) is 5.56 Å². The average molecular weight is 305 g/mol. The van der Waals surface area contributed by atoms with E-state index in [1.165, 1.54) is 12.1 Å². The van der Waals surface area contributed by atoms with Crippen LogP contribution in [0.1, 0.15) is 29.7 Å². The van der Waals surface area contributed by atoms with Crippen molar-refractivity contribution in [1.82, 2.24) is 0 Å². The summed E-state index contributed by atoms with van der Waals surface area (Å²) in [4.78, 5) is 0. The highest BCUT2D eigenvalue weighted by atomic mass is 35.5. The average Bonchev–Trinajstić information content (AvgIpc) is 2.47. The van der Waals surface area contributed by atoms with Gasteiger partial charge in [0.2, 0.25) is 0 Å². The van der Waals surface area contributed by atoms with Crippen LogP contribution in [0.4, 0.5) is 4.39 Å². The Labute approximate surface area is 127 Å². The molecule has 1 atom stereocenters. The van der Waals surface area contributed by atoms with Crippen LogP contribution in [0.15, 0.2) is 36.4 Å². The van der Waals surface area contributed by atoms with Crippen molar-refractivity contribution in [3.63, 3.8) is 0 Å². The van der Waals surface area contributed by atoms with Crippen molar-refractivity contribution >= 4 is 11.6 Å². The maximum Gasteiger partial charge on any atom is 0.140 e. The zero-order chi connectivity index (χ0) is 15.4. The first-order chi connectivity index (χ1) is 10.0. The first-order valence-corrected chi connectivity index (χ1v) is 6.75. The van der Waals surface area contributed by atoms with Crippen LogP contribution in [0.2, 0.25) is 5.02 Å². The number of benzene rings is 2. The molecule has 2 rings (SSSR count). The largest absolute Gasteiger partial charge is 0.489 e. The molecule has 0 fully saturated rings. The highest BCUT2D eigenvalue weighted by Gasteiger charge is 2.10. The zero-order valence-corrected chi connectivity index (χ0v) is 12.2. The fraction of sp³-hybridized carbons (Fsp3) is 0.188. The number of rotatable bonds is 4. The number of ether oxygens (including phenoxy) is 1. The minimum atomic E-state index is -0.538. The van der Waals surface area contributed by atoms with Crippen molar-refractivity contribution in [2.24, 2.45) is 5.73 Å². The van der Waals surface area contributed by atoms with Crippen LogP contribution < -0.4 is 10.5 Å². The Morgan fingerprint density at radius 3 is 2.76 bits per heavy atom. The summed E-state index contributed by atoms with van der Waals surface area (Å²) >= 11 is 5.95. The number of nitriles is 1. The Kier molecular flexibility index (Phi) is 4.79. The first kappa shape index (κ1) is 15.3. The van der Waals surface area contributed by atoms with E-state index < -0.39 is 5.82 Å². The lowest BCUT2D eigenvalue weighted by Crippen LogP contribution is -2.08. The molecule has 5 heteroatoms. The monoisotopic (exact) mass is 304 g/mol. The van der Waals surface area contributed by atoms with E-state index in [2.05, 4.69) is 0 Å². The van der Waals surface area contributed by atoms with Gasteiger partial charge in [0, 0.05) is 16.6 Å². The Morgan fingerprint density at radius 2 is 2.10 bits per heavy atom. The molecule has 0 amide bonds. The quantitative estimate of drug-likeness (QED) is 0.930. The number of nitrogens with zero attached hydrogens (tertiary/aromatic N) is 1. The molecule has 0 aliphatic heterocycles. The van der Waals surface area contributed by atoms with E-state index in [9.17, 15) is 4.39 Å². The lowest BCUT2D eigenvalue weighted by Gasteiger charge is -2.14. The SMILES string of the molecule is C[C@H](N)c1cc(Cl)ccc1OCc1ccc(F)c(C#N)c1.